The number of methoxy groups -OCH3 is 1. The fourth-order valence-corrected chi connectivity index (χ4v) is 2.38. The van der Waals surface area contributed by atoms with E-state index in [0.717, 1.165) is 29.2 Å². The van der Waals surface area contributed by atoms with Gasteiger partial charge >= 0.3 is 0 Å². The van der Waals surface area contributed by atoms with Crippen molar-refractivity contribution in [3.05, 3.63) is 24.0 Å². The lowest BCUT2D eigenvalue weighted by atomic mass is 10.3. The molecule has 0 radical (unpaired) electrons. The molecule has 0 fully saturated rings. The van der Waals surface area contributed by atoms with E-state index in [4.69, 9.17) is 21.1 Å². The molecular formula is C15H21ClN2O2. The minimum Gasteiger partial charge on any atom is -0.489 e. The third-order valence-electron chi connectivity index (χ3n) is 3.01. The molecule has 1 unspecified atom stereocenters. The molecule has 2 aromatic rings. The number of para-hydroxylation sites is 1. The first kappa shape index (κ1) is 15.1. The van der Waals surface area contributed by atoms with Gasteiger partial charge in [0.15, 0.2) is 0 Å². The highest BCUT2D eigenvalue weighted by Gasteiger charge is 2.17. The molecule has 1 heterocycles. The highest BCUT2D eigenvalue weighted by Crippen LogP contribution is 2.30. The number of nitrogens with zero attached hydrogens (tertiary/aromatic N) is 2. The van der Waals surface area contributed by atoms with Gasteiger partial charge in [0.25, 0.3) is 0 Å². The Balaban J connectivity index is 2.54. The van der Waals surface area contributed by atoms with Gasteiger partial charge in [-0.15, -0.1) is 11.6 Å². The number of benzene rings is 1. The minimum atomic E-state index is -0.161. The summed E-state index contributed by atoms with van der Waals surface area (Å²) in [5.41, 5.74) is 1.89. The number of rotatable bonds is 6. The Kier molecular flexibility index (Phi) is 4.89. The summed E-state index contributed by atoms with van der Waals surface area (Å²) in [5, 5.41) is -0.161. The molecule has 20 heavy (non-hydrogen) atoms. The molecule has 0 aliphatic carbocycles. The van der Waals surface area contributed by atoms with Gasteiger partial charge < -0.3 is 14.0 Å². The zero-order valence-electron chi connectivity index (χ0n) is 12.4. The maximum absolute atomic E-state index is 6.25. The molecule has 0 spiro atoms. The first-order valence-electron chi connectivity index (χ1n) is 6.83. The Morgan fingerprint density at radius 3 is 2.65 bits per heavy atom. The molecule has 0 saturated heterocycles. The average molecular weight is 297 g/mol. The van der Waals surface area contributed by atoms with Crippen LogP contribution in [0.5, 0.6) is 5.75 Å². The molecule has 0 aliphatic rings. The van der Waals surface area contributed by atoms with E-state index in [-0.39, 0.29) is 11.5 Å². The number of imidazole rings is 1. The minimum absolute atomic E-state index is 0.113. The molecule has 4 nitrogen and oxygen atoms in total. The predicted octanol–water partition coefficient (Wildman–Crippen LogP) is 3.77. The van der Waals surface area contributed by atoms with Crippen molar-refractivity contribution in [3.63, 3.8) is 0 Å². The van der Waals surface area contributed by atoms with Crippen LogP contribution >= 0.6 is 11.6 Å². The Morgan fingerprint density at radius 1 is 1.30 bits per heavy atom. The number of halogens is 1. The highest BCUT2D eigenvalue weighted by atomic mass is 35.5. The van der Waals surface area contributed by atoms with Crippen LogP contribution in [0.1, 0.15) is 32.0 Å². The molecule has 0 saturated carbocycles. The summed E-state index contributed by atoms with van der Waals surface area (Å²) in [7, 11) is 1.69. The van der Waals surface area contributed by atoms with Gasteiger partial charge in [-0.3, -0.25) is 0 Å². The van der Waals surface area contributed by atoms with Crippen LogP contribution in [0, 0.1) is 0 Å². The van der Waals surface area contributed by atoms with E-state index < -0.39 is 0 Å². The Bertz CT molecular complexity index is 579. The van der Waals surface area contributed by atoms with E-state index in [9.17, 15) is 0 Å². The number of ether oxygens (including phenoxy) is 2. The number of fused-ring (bicyclic) bond motifs is 1. The van der Waals surface area contributed by atoms with E-state index in [1.165, 1.54) is 0 Å². The Labute approximate surface area is 124 Å². The third kappa shape index (κ3) is 3.07. The van der Waals surface area contributed by atoms with Crippen LogP contribution in [-0.2, 0) is 11.3 Å². The van der Waals surface area contributed by atoms with Crippen molar-refractivity contribution in [1.82, 2.24) is 9.55 Å². The van der Waals surface area contributed by atoms with Crippen LogP contribution in [0.25, 0.3) is 11.0 Å². The van der Waals surface area contributed by atoms with E-state index in [1.54, 1.807) is 7.11 Å². The first-order valence-corrected chi connectivity index (χ1v) is 7.27. The van der Waals surface area contributed by atoms with E-state index in [0.29, 0.717) is 6.61 Å². The van der Waals surface area contributed by atoms with E-state index >= 15 is 0 Å². The van der Waals surface area contributed by atoms with Crippen LogP contribution in [0.2, 0.25) is 0 Å². The van der Waals surface area contributed by atoms with Crippen molar-refractivity contribution in [3.8, 4) is 5.75 Å². The maximum atomic E-state index is 6.25. The number of hydrogen-bond donors (Lipinski definition) is 0. The zero-order chi connectivity index (χ0) is 14.7. The normalized spacial score (nSPS) is 13.1. The number of alkyl halides is 1. The van der Waals surface area contributed by atoms with Crippen molar-refractivity contribution in [2.75, 3.05) is 13.7 Å². The summed E-state index contributed by atoms with van der Waals surface area (Å²) >= 11 is 6.25. The summed E-state index contributed by atoms with van der Waals surface area (Å²) in [5.74, 6) is 1.64. The van der Waals surface area contributed by atoms with Crippen molar-refractivity contribution in [2.45, 2.75) is 38.8 Å². The molecular weight excluding hydrogens is 276 g/mol. The van der Waals surface area contributed by atoms with Crippen LogP contribution < -0.4 is 4.74 Å². The molecule has 0 N–H and O–H groups in total. The lowest BCUT2D eigenvalue weighted by Gasteiger charge is -2.11. The molecule has 110 valence electrons. The number of hydrogen-bond acceptors (Lipinski definition) is 3. The topological polar surface area (TPSA) is 36.3 Å². The lowest BCUT2D eigenvalue weighted by molar-refractivity contribution is 0.187. The van der Waals surface area contributed by atoms with Gasteiger partial charge in [-0.25, -0.2) is 4.98 Å². The van der Waals surface area contributed by atoms with Crippen molar-refractivity contribution < 1.29 is 9.47 Å². The highest BCUT2D eigenvalue weighted by molar-refractivity contribution is 6.20. The van der Waals surface area contributed by atoms with Gasteiger partial charge in [0, 0.05) is 13.7 Å². The lowest BCUT2D eigenvalue weighted by Crippen LogP contribution is -2.08. The summed E-state index contributed by atoms with van der Waals surface area (Å²) in [6, 6.07) is 5.96. The van der Waals surface area contributed by atoms with Crippen molar-refractivity contribution >= 4 is 22.6 Å². The largest absolute Gasteiger partial charge is 0.489 e. The van der Waals surface area contributed by atoms with Crippen LogP contribution in [0.4, 0.5) is 0 Å². The molecule has 0 bridgehead atoms. The first-order chi connectivity index (χ1) is 9.54. The monoisotopic (exact) mass is 296 g/mol. The standard InChI is InChI=1S/C15H21ClN2O2/c1-10(2)20-13-7-5-6-12-14(13)17-15(11(3)16)18(12)8-9-19-4/h5-7,10-11H,8-9H2,1-4H3. The fraction of sp³-hybridized carbons (Fsp3) is 0.533. The van der Waals surface area contributed by atoms with Gasteiger partial charge in [0.05, 0.1) is 23.6 Å². The fourth-order valence-electron chi connectivity index (χ4n) is 2.21. The maximum Gasteiger partial charge on any atom is 0.147 e. The van der Waals surface area contributed by atoms with Crippen molar-refractivity contribution in [1.29, 1.82) is 0 Å². The average Bonchev–Trinajstić information content (AvgIpc) is 2.75. The Hall–Kier alpha value is -1.26. The summed E-state index contributed by atoms with van der Waals surface area (Å²) < 4.78 is 13.1. The molecule has 0 aliphatic heterocycles. The molecule has 1 aromatic heterocycles. The summed E-state index contributed by atoms with van der Waals surface area (Å²) in [4.78, 5) is 4.67. The second-order valence-electron chi connectivity index (χ2n) is 5.02. The van der Waals surface area contributed by atoms with E-state index in [2.05, 4.69) is 9.55 Å². The zero-order valence-corrected chi connectivity index (χ0v) is 13.1. The summed E-state index contributed by atoms with van der Waals surface area (Å²) in [6.45, 7) is 7.29. The quantitative estimate of drug-likeness (QED) is 0.761. The van der Waals surface area contributed by atoms with Gasteiger partial charge in [-0.05, 0) is 32.9 Å². The SMILES string of the molecule is COCCn1c(C(C)Cl)nc2c(OC(C)C)cccc21. The molecule has 1 atom stereocenters. The smallest absolute Gasteiger partial charge is 0.147 e. The third-order valence-corrected chi connectivity index (χ3v) is 3.20. The van der Waals surface area contributed by atoms with Crippen LogP contribution in [-0.4, -0.2) is 29.4 Å². The molecule has 0 amide bonds. The van der Waals surface area contributed by atoms with Gasteiger partial charge in [-0.1, -0.05) is 6.07 Å². The molecule has 1 aromatic carbocycles. The summed E-state index contributed by atoms with van der Waals surface area (Å²) in [6.07, 6.45) is 0.113. The van der Waals surface area contributed by atoms with Crippen molar-refractivity contribution in [2.24, 2.45) is 0 Å². The van der Waals surface area contributed by atoms with Gasteiger partial charge in [0.1, 0.15) is 17.1 Å². The number of aromatic nitrogens is 2. The second-order valence-corrected chi connectivity index (χ2v) is 5.68. The van der Waals surface area contributed by atoms with E-state index in [1.807, 2.05) is 39.0 Å². The predicted molar refractivity (Wildman–Crippen MR) is 81.6 cm³/mol. The van der Waals surface area contributed by atoms with Crippen LogP contribution in [0.3, 0.4) is 0 Å². The molecule has 2 rings (SSSR count). The van der Waals surface area contributed by atoms with Gasteiger partial charge in [0.2, 0.25) is 0 Å². The Morgan fingerprint density at radius 2 is 2.05 bits per heavy atom. The van der Waals surface area contributed by atoms with Crippen LogP contribution in [0.15, 0.2) is 18.2 Å². The molecule has 5 heteroatoms. The second kappa shape index (κ2) is 6.46. The van der Waals surface area contributed by atoms with Gasteiger partial charge in [-0.2, -0.15) is 0 Å².